The predicted molar refractivity (Wildman–Crippen MR) is 334 cm³/mol. The zero-order valence-electron chi connectivity index (χ0n) is 51.0. The average molecular weight is 1070 g/mol. The molecule has 6 nitrogen and oxygen atoms in total. The molecule has 0 radical (unpaired) electrons. The molecule has 1 atom stereocenters. The van der Waals surface area contributed by atoms with Crippen molar-refractivity contribution in [2.45, 2.75) is 335 Å². The number of unbranched alkanes of at least 4 members (excludes halogenated alkanes) is 35. The van der Waals surface area contributed by atoms with Gasteiger partial charge in [0.1, 0.15) is 13.2 Å². The molecule has 0 aliphatic heterocycles. The maximum atomic E-state index is 12.9. The topological polar surface area (TPSA) is 78.9 Å². The van der Waals surface area contributed by atoms with Gasteiger partial charge in [-0.3, -0.25) is 14.4 Å². The minimum absolute atomic E-state index is 0.0770. The highest BCUT2D eigenvalue weighted by Gasteiger charge is 2.19. The van der Waals surface area contributed by atoms with Crippen LogP contribution >= 0.6 is 0 Å². The van der Waals surface area contributed by atoms with Crippen molar-refractivity contribution in [3.05, 3.63) is 85.1 Å². The number of hydrogen-bond acceptors (Lipinski definition) is 6. The summed E-state index contributed by atoms with van der Waals surface area (Å²) in [6, 6.07) is 0. The Morgan fingerprint density at radius 3 is 0.792 bits per heavy atom. The smallest absolute Gasteiger partial charge is 0.306 e. The van der Waals surface area contributed by atoms with Crippen LogP contribution in [0.2, 0.25) is 0 Å². The first-order chi connectivity index (χ1) is 38.0. The molecule has 0 aromatic carbocycles. The van der Waals surface area contributed by atoms with E-state index in [-0.39, 0.29) is 31.1 Å². The quantitative estimate of drug-likeness (QED) is 0.0261. The van der Waals surface area contributed by atoms with Gasteiger partial charge in [-0.15, -0.1) is 0 Å². The van der Waals surface area contributed by atoms with Gasteiger partial charge in [-0.2, -0.15) is 0 Å². The van der Waals surface area contributed by atoms with Gasteiger partial charge < -0.3 is 14.2 Å². The second kappa shape index (κ2) is 65.1. The first-order valence-electron chi connectivity index (χ1n) is 33.1. The third-order valence-corrected chi connectivity index (χ3v) is 14.4. The van der Waals surface area contributed by atoms with Gasteiger partial charge in [0.2, 0.25) is 0 Å². The fraction of sp³-hybridized carbons (Fsp3) is 0.761. The van der Waals surface area contributed by atoms with Crippen LogP contribution < -0.4 is 0 Å². The molecule has 1 unspecified atom stereocenters. The molecule has 0 aliphatic rings. The van der Waals surface area contributed by atoms with Crippen LogP contribution in [0.15, 0.2) is 85.1 Å². The van der Waals surface area contributed by atoms with Crippen molar-refractivity contribution >= 4 is 17.9 Å². The summed E-state index contributed by atoms with van der Waals surface area (Å²) in [7, 11) is 0. The van der Waals surface area contributed by atoms with E-state index in [4.69, 9.17) is 14.2 Å². The van der Waals surface area contributed by atoms with Crippen molar-refractivity contribution in [1.82, 2.24) is 0 Å². The number of rotatable bonds is 60. The van der Waals surface area contributed by atoms with Crippen LogP contribution in [0, 0.1) is 0 Å². The SMILES string of the molecule is CC/C=C\C/C=C\C/C=C\C/C=C\CCCCCCCCCCC(=O)OC(COC(=O)CCCCCCCCC)COC(=O)CCCCCCCCCCCCCCCCCC/C=C\C/C=C\C/C=C\CCCCCCC. The Hall–Kier alpha value is -3.41. The number of hydrogen-bond donors (Lipinski definition) is 0. The van der Waals surface area contributed by atoms with E-state index in [1.807, 2.05) is 0 Å². The molecular weight excluding hydrogens is 949 g/mol. The van der Waals surface area contributed by atoms with Gasteiger partial charge in [-0.25, -0.2) is 0 Å². The standard InChI is InChI=1S/C71H124O6/c1-4-7-10-13-16-18-20-22-24-26-28-30-31-32-33-34-35-36-37-38-39-41-42-44-46-48-50-52-55-58-61-64-70(73)76-67-68(66-75-69(72)63-60-57-54-15-12-9-6-3)77-71(74)65-62-59-56-53-51-49-47-45-43-40-29-27-25-23-21-19-17-14-11-8-5-2/h8,11,17,19-20,22-23,25-26,28-29,31-32,40,68H,4-7,9-10,12-16,18,21,24,27,30,33-39,41-67H2,1-3H3/b11-8-,19-17-,22-20-,25-23-,28-26-,32-31-,40-29-. The van der Waals surface area contributed by atoms with E-state index in [1.54, 1.807) is 0 Å². The van der Waals surface area contributed by atoms with Crippen molar-refractivity contribution < 1.29 is 28.6 Å². The maximum Gasteiger partial charge on any atom is 0.306 e. The third-order valence-electron chi connectivity index (χ3n) is 14.4. The minimum atomic E-state index is -0.778. The van der Waals surface area contributed by atoms with Crippen LogP contribution in [-0.4, -0.2) is 37.2 Å². The highest BCUT2D eigenvalue weighted by molar-refractivity contribution is 5.71. The molecule has 0 heterocycles. The molecule has 0 bridgehead atoms. The molecule has 77 heavy (non-hydrogen) atoms. The van der Waals surface area contributed by atoms with Gasteiger partial charge in [0.25, 0.3) is 0 Å². The van der Waals surface area contributed by atoms with Crippen molar-refractivity contribution in [2.75, 3.05) is 13.2 Å². The van der Waals surface area contributed by atoms with Gasteiger partial charge in [0, 0.05) is 19.3 Å². The monoisotopic (exact) mass is 1070 g/mol. The zero-order chi connectivity index (χ0) is 55.7. The van der Waals surface area contributed by atoms with Crippen LogP contribution in [-0.2, 0) is 28.6 Å². The van der Waals surface area contributed by atoms with E-state index < -0.39 is 6.10 Å². The predicted octanol–water partition coefficient (Wildman–Crippen LogP) is 22.7. The molecule has 0 N–H and O–H groups in total. The number of carbonyl (C=O) groups is 3. The normalized spacial score (nSPS) is 12.6. The van der Waals surface area contributed by atoms with Gasteiger partial charge in [0.05, 0.1) is 0 Å². The lowest BCUT2D eigenvalue weighted by molar-refractivity contribution is -0.167. The Morgan fingerprint density at radius 1 is 0.273 bits per heavy atom. The molecule has 0 saturated heterocycles. The lowest BCUT2D eigenvalue weighted by Gasteiger charge is -2.18. The second-order valence-corrected chi connectivity index (χ2v) is 22.0. The summed E-state index contributed by atoms with van der Waals surface area (Å²) in [4.78, 5) is 38.1. The number of ether oxygens (including phenoxy) is 3. The van der Waals surface area contributed by atoms with Crippen LogP contribution in [0.5, 0.6) is 0 Å². The van der Waals surface area contributed by atoms with E-state index in [0.29, 0.717) is 19.3 Å². The molecule has 0 saturated carbocycles. The Bertz CT molecular complexity index is 1470. The van der Waals surface area contributed by atoms with Crippen LogP contribution in [0.3, 0.4) is 0 Å². The van der Waals surface area contributed by atoms with Crippen molar-refractivity contribution in [3.8, 4) is 0 Å². The van der Waals surface area contributed by atoms with Crippen molar-refractivity contribution in [3.63, 3.8) is 0 Å². The van der Waals surface area contributed by atoms with E-state index in [9.17, 15) is 14.4 Å². The van der Waals surface area contributed by atoms with E-state index in [0.717, 1.165) is 103 Å². The minimum Gasteiger partial charge on any atom is -0.462 e. The molecule has 0 spiro atoms. The average Bonchev–Trinajstić information content (AvgIpc) is 3.43. The molecular formula is C71H124O6. The summed E-state index contributed by atoms with van der Waals surface area (Å²) in [5.74, 6) is -0.880. The Kier molecular flexibility index (Phi) is 62.2. The summed E-state index contributed by atoms with van der Waals surface area (Å²) in [5.41, 5.74) is 0. The van der Waals surface area contributed by atoms with E-state index in [1.165, 1.54) is 186 Å². The first kappa shape index (κ1) is 73.6. The highest BCUT2D eigenvalue weighted by Crippen LogP contribution is 2.17. The van der Waals surface area contributed by atoms with E-state index in [2.05, 4.69) is 106 Å². The first-order valence-corrected chi connectivity index (χ1v) is 33.1. The fourth-order valence-corrected chi connectivity index (χ4v) is 9.44. The zero-order valence-corrected chi connectivity index (χ0v) is 51.0. The van der Waals surface area contributed by atoms with Crippen molar-refractivity contribution in [2.24, 2.45) is 0 Å². The summed E-state index contributed by atoms with van der Waals surface area (Å²) < 4.78 is 16.8. The summed E-state index contributed by atoms with van der Waals surface area (Å²) in [6.07, 6.45) is 86.3. The Labute approximate surface area is 477 Å². The lowest BCUT2D eigenvalue weighted by atomic mass is 10.0. The largest absolute Gasteiger partial charge is 0.462 e. The molecule has 0 fully saturated rings. The molecule has 0 aliphatic carbocycles. The molecule has 6 heteroatoms. The second-order valence-electron chi connectivity index (χ2n) is 22.0. The molecule has 444 valence electrons. The highest BCUT2D eigenvalue weighted by atomic mass is 16.6. The fourth-order valence-electron chi connectivity index (χ4n) is 9.44. The van der Waals surface area contributed by atoms with Crippen molar-refractivity contribution in [1.29, 1.82) is 0 Å². The molecule has 0 amide bonds. The summed E-state index contributed by atoms with van der Waals surface area (Å²) in [5, 5.41) is 0. The van der Waals surface area contributed by atoms with Gasteiger partial charge in [-0.1, -0.05) is 298 Å². The molecule has 0 aromatic heterocycles. The Balaban J connectivity index is 4.07. The lowest BCUT2D eigenvalue weighted by Crippen LogP contribution is -2.30. The number of allylic oxidation sites excluding steroid dienone is 14. The molecule has 0 aromatic rings. The van der Waals surface area contributed by atoms with Gasteiger partial charge >= 0.3 is 17.9 Å². The number of carbonyl (C=O) groups excluding carboxylic acids is 3. The van der Waals surface area contributed by atoms with Crippen LogP contribution in [0.1, 0.15) is 329 Å². The van der Waals surface area contributed by atoms with Crippen LogP contribution in [0.25, 0.3) is 0 Å². The van der Waals surface area contributed by atoms with E-state index >= 15 is 0 Å². The maximum absolute atomic E-state index is 12.9. The van der Waals surface area contributed by atoms with Gasteiger partial charge in [0.15, 0.2) is 6.10 Å². The summed E-state index contributed by atoms with van der Waals surface area (Å²) >= 11 is 0. The summed E-state index contributed by atoms with van der Waals surface area (Å²) in [6.45, 7) is 6.50. The Morgan fingerprint density at radius 2 is 0.506 bits per heavy atom. The molecule has 0 rings (SSSR count). The van der Waals surface area contributed by atoms with Gasteiger partial charge in [-0.05, 0) is 96.3 Å². The van der Waals surface area contributed by atoms with Crippen LogP contribution in [0.4, 0.5) is 0 Å². The third kappa shape index (κ3) is 63.3. The number of esters is 3.